The lowest BCUT2D eigenvalue weighted by atomic mass is 9.94. The van der Waals surface area contributed by atoms with E-state index in [4.69, 9.17) is 4.42 Å². The zero-order valence-corrected chi connectivity index (χ0v) is 11.8. The minimum atomic E-state index is 0.0727. The number of hydrogen-bond acceptors (Lipinski definition) is 3. The molecule has 1 aliphatic heterocycles. The van der Waals surface area contributed by atoms with Gasteiger partial charge in [-0.25, -0.2) is 0 Å². The second kappa shape index (κ2) is 5.15. The number of likely N-dealkylation sites (tertiary alicyclic amines) is 1. The highest BCUT2D eigenvalue weighted by Crippen LogP contribution is 2.27. The van der Waals surface area contributed by atoms with Crippen LogP contribution in [0.25, 0.3) is 0 Å². The summed E-state index contributed by atoms with van der Waals surface area (Å²) in [5.41, 5.74) is 1.80. The Morgan fingerprint density at radius 1 is 1.50 bits per heavy atom. The molecular formula is C15H19N3O2. The Bertz CT molecular complexity index is 601. The van der Waals surface area contributed by atoms with E-state index >= 15 is 0 Å². The Labute approximate surface area is 118 Å². The summed E-state index contributed by atoms with van der Waals surface area (Å²) in [7, 11) is 0. The van der Waals surface area contributed by atoms with Crippen molar-refractivity contribution < 1.29 is 9.21 Å². The zero-order valence-electron chi connectivity index (χ0n) is 11.8. The quantitative estimate of drug-likeness (QED) is 0.915. The van der Waals surface area contributed by atoms with E-state index in [1.54, 1.807) is 6.20 Å². The Kier molecular flexibility index (Phi) is 3.34. The van der Waals surface area contributed by atoms with Gasteiger partial charge in [0.15, 0.2) is 0 Å². The number of nitrogens with zero attached hydrogens (tertiary/aromatic N) is 2. The van der Waals surface area contributed by atoms with Gasteiger partial charge in [-0.15, -0.1) is 0 Å². The lowest BCUT2D eigenvalue weighted by molar-refractivity contribution is 0.0704. The van der Waals surface area contributed by atoms with Gasteiger partial charge in [-0.3, -0.25) is 9.89 Å². The maximum atomic E-state index is 12.6. The third-order valence-corrected chi connectivity index (χ3v) is 3.94. The molecule has 5 heteroatoms. The molecule has 0 bridgehead atoms. The molecule has 2 aromatic rings. The van der Waals surface area contributed by atoms with Crippen LogP contribution >= 0.6 is 0 Å². The van der Waals surface area contributed by atoms with E-state index in [0.717, 1.165) is 37.4 Å². The first-order valence-corrected chi connectivity index (χ1v) is 7.00. The maximum Gasteiger partial charge on any atom is 0.257 e. The molecule has 1 saturated heterocycles. The zero-order chi connectivity index (χ0) is 14.1. The number of aromatic amines is 1. The van der Waals surface area contributed by atoms with Crippen LogP contribution in [0.1, 0.15) is 46.3 Å². The number of piperidine rings is 1. The Hall–Kier alpha value is -2.04. The van der Waals surface area contributed by atoms with E-state index in [1.165, 1.54) is 0 Å². The fourth-order valence-electron chi connectivity index (χ4n) is 2.92. The van der Waals surface area contributed by atoms with Crippen LogP contribution in [0.4, 0.5) is 0 Å². The predicted octanol–water partition coefficient (Wildman–Crippen LogP) is 2.64. The number of carbonyl (C=O) groups excluding carboxylic acids is 1. The minimum Gasteiger partial charge on any atom is -0.466 e. The normalized spacial score (nSPS) is 19.3. The molecule has 106 valence electrons. The van der Waals surface area contributed by atoms with Gasteiger partial charge in [-0.2, -0.15) is 5.10 Å². The van der Waals surface area contributed by atoms with Crippen molar-refractivity contribution in [3.8, 4) is 0 Å². The van der Waals surface area contributed by atoms with Gasteiger partial charge in [0.25, 0.3) is 5.91 Å². The van der Waals surface area contributed by atoms with E-state index in [-0.39, 0.29) is 5.91 Å². The Balaban J connectivity index is 1.77. The van der Waals surface area contributed by atoms with Crippen LogP contribution in [0.15, 0.2) is 22.7 Å². The third-order valence-electron chi connectivity index (χ3n) is 3.94. The molecule has 5 nitrogen and oxygen atoms in total. The van der Waals surface area contributed by atoms with Gasteiger partial charge in [-0.05, 0) is 38.8 Å². The summed E-state index contributed by atoms with van der Waals surface area (Å²) in [5.74, 6) is 1.91. The first-order chi connectivity index (χ1) is 9.65. The fourth-order valence-corrected chi connectivity index (χ4v) is 2.92. The van der Waals surface area contributed by atoms with Crippen molar-refractivity contribution in [1.82, 2.24) is 15.1 Å². The molecule has 1 fully saturated rings. The lowest BCUT2D eigenvalue weighted by Crippen LogP contribution is -2.39. The molecule has 0 aliphatic carbocycles. The van der Waals surface area contributed by atoms with Gasteiger partial charge in [-0.1, -0.05) is 0 Å². The number of aryl methyl sites for hydroxylation is 2. The number of H-pyrrole nitrogens is 1. The van der Waals surface area contributed by atoms with Crippen LogP contribution < -0.4 is 0 Å². The molecule has 0 radical (unpaired) electrons. The van der Waals surface area contributed by atoms with Crippen LogP contribution in [0.3, 0.4) is 0 Å². The molecule has 0 unspecified atom stereocenters. The summed E-state index contributed by atoms with van der Waals surface area (Å²) in [6, 6.07) is 3.82. The second-order valence-electron chi connectivity index (χ2n) is 5.43. The van der Waals surface area contributed by atoms with Crippen molar-refractivity contribution in [2.24, 2.45) is 0 Å². The van der Waals surface area contributed by atoms with Crippen LogP contribution in [-0.2, 0) is 0 Å². The smallest absolute Gasteiger partial charge is 0.257 e. The Morgan fingerprint density at radius 2 is 2.35 bits per heavy atom. The molecule has 0 spiro atoms. The first kappa shape index (κ1) is 13.0. The first-order valence-electron chi connectivity index (χ1n) is 7.00. The number of hydrogen-bond donors (Lipinski definition) is 1. The van der Waals surface area contributed by atoms with Gasteiger partial charge in [0.05, 0.1) is 5.56 Å². The largest absolute Gasteiger partial charge is 0.466 e. The summed E-state index contributed by atoms with van der Waals surface area (Å²) in [5, 5.41) is 7.01. The van der Waals surface area contributed by atoms with E-state index in [2.05, 4.69) is 10.2 Å². The average Bonchev–Trinajstić information content (AvgIpc) is 3.08. The number of aromatic nitrogens is 2. The van der Waals surface area contributed by atoms with E-state index in [0.29, 0.717) is 17.2 Å². The van der Waals surface area contributed by atoms with Crippen LogP contribution in [-0.4, -0.2) is 34.1 Å². The molecule has 3 rings (SSSR count). The lowest BCUT2D eigenvalue weighted by Gasteiger charge is -2.32. The number of amides is 1. The van der Waals surface area contributed by atoms with Crippen molar-refractivity contribution in [2.45, 2.75) is 32.6 Å². The molecule has 1 amide bonds. The number of rotatable bonds is 2. The Morgan fingerprint density at radius 3 is 3.00 bits per heavy atom. The van der Waals surface area contributed by atoms with Crippen molar-refractivity contribution in [1.29, 1.82) is 0 Å². The highest BCUT2D eigenvalue weighted by atomic mass is 16.3. The highest BCUT2D eigenvalue weighted by Gasteiger charge is 2.27. The van der Waals surface area contributed by atoms with E-state index < -0.39 is 0 Å². The number of nitrogens with one attached hydrogen (secondary N) is 1. The molecule has 2 aromatic heterocycles. The number of carbonyl (C=O) groups is 1. The van der Waals surface area contributed by atoms with Gasteiger partial charge >= 0.3 is 0 Å². The average molecular weight is 273 g/mol. The third kappa shape index (κ3) is 2.35. The van der Waals surface area contributed by atoms with Crippen LogP contribution in [0.5, 0.6) is 0 Å². The standard InChI is InChI=1S/C15H19N3O2/c1-10-8-13(11(2)20-10)15(19)18-7-3-4-12(9-18)14-5-6-16-17-14/h5-6,8,12H,3-4,7,9H2,1-2H3,(H,16,17)/t12-/m0/s1. The molecule has 1 aliphatic rings. The van der Waals surface area contributed by atoms with Crippen molar-refractivity contribution in [2.75, 3.05) is 13.1 Å². The van der Waals surface area contributed by atoms with Crippen molar-refractivity contribution in [3.05, 3.63) is 41.1 Å². The summed E-state index contributed by atoms with van der Waals surface area (Å²) in [6.45, 7) is 5.27. The van der Waals surface area contributed by atoms with Gasteiger partial charge < -0.3 is 9.32 Å². The summed E-state index contributed by atoms with van der Waals surface area (Å²) in [4.78, 5) is 14.5. The fraction of sp³-hybridized carbons (Fsp3) is 0.467. The van der Waals surface area contributed by atoms with E-state index in [1.807, 2.05) is 30.9 Å². The maximum absolute atomic E-state index is 12.6. The van der Waals surface area contributed by atoms with Crippen LogP contribution in [0, 0.1) is 13.8 Å². The summed E-state index contributed by atoms with van der Waals surface area (Å²) in [6.07, 6.45) is 3.88. The highest BCUT2D eigenvalue weighted by molar-refractivity contribution is 5.95. The van der Waals surface area contributed by atoms with E-state index in [9.17, 15) is 4.79 Å². The summed E-state index contributed by atoms with van der Waals surface area (Å²) < 4.78 is 5.46. The molecule has 0 saturated carbocycles. The SMILES string of the molecule is Cc1cc(C(=O)N2CCC[C@H](c3ccn[nH]3)C2)c(C)o1. The predicted molar refractivity (Wildman–Crippen MR) is 74.6 cm³/mol. The van der Waals surface area contributed by atoms with Gasteiger partial charge in [0, 0.05) is 30.9 Å². The van der Waals surface area contributed by atoms with Crippen LogP contribution in [0.2, 0.25) is 0 Å². The monoisotopic (exact) mass is 273 g/mol. The molecule has 0 aromatic carbocycles. The second-order valence-corrected chi connectivity index (χ2v) is 5.43. The molecule has 20 heavy (non-hydrogen) atoms. The minimum absolute atomic E-state index is 0.0727. The topological polar surface area (TPSA) is 62.1 Å². The summed E-state index contributed by atoms with van der Waals surface area (Å²) >= 11 is 0. The van der Waals surface area contributed by atoms with Crippen molar-refractivity contribution >= 4 is 5.91 Å². The molecule has 1 N–H and O–H groups in total. The molecular weight excluding hydrogens is 254 g/mol. The molecule has 3 heterocycles. The van der Waals surface area contributed by atoms with Gasteiger partial charge in [0.2, 0.25) is 0 Å². The van der Waals surface area contributed by atoms with Gasteiger partial charge in [0.1, 0.15) is 11.5 Å². The molecule has 1 atom stereocenters. The van der Waals surface area contributed by atoms with Crippen molar-refractivity contribution in [3.63, 3.8) is 0 Å². The number of furan rings is 1.